The molecule has 9 saturated carbocycles. The molecule has 9 aliphatic rings. The van der Waals surface area contributed by atoms with Gasteiger partial charge in [0, 0.05) is 0 Å². The van der Waals surface area contributed by atoms with Gasteiger partial charge in [-0.05, 0) is 172 Å². The highest BCUT2D eigenvalue weighted by molar-refractivity contribution is 5.27. The molecule has 0 bridgehead atoms. The molecule has 8 spiro atoms. The molecule has 308 valence electrons. The standard InChI is InChI=1S/C54H92/c1-2-4-6-8-13-17-22-30-48(29-21-16-12-7-5-3-1)35-50(36-48)39-52(40-50)43-54(44-52)45-53(46-54)41-51(42-53)37-49(38-51)31-23-18-14-10-9-11-15-20-27-47(33-26-34-47)28-24-19-25-32-49/h1-46H2. The summed E-state index contributed by atoms with van der Waals surface area (Å²) in [6, 6.07) is 0. The Morgan fingerprint density at radius 1 is 0.111 bits per heavy atom. The van der Waals surface area contributed by atoms with Crippen LogP contribution in [-0.4, -0.2) is 0 Å². The summed E-state index contributed by atoms with van der Waals surface area (Å²) < 4.78 is 0. The third-order valence-corrected chi connectivity index (χ3v) is 20.2. The summed E-state index contributed by atoms with van der Waals surface area (Å²) in [5, 5.41) is 0. The summed E-state index contributed by atoms with van der Waals surface area (Å²) in [5.74, 6) is 0. The van der Waals surface area contributed by atoms with Crippen LogP contribution in [0.4, 0.5) is 0 Å². The largest absolute Gasteiger partial charge is 0.0533 e. The Balaban J connectivity index is 0.700. The second kappa shape index (κ2) is 16.2. The van der Waals surface area contributed by atoms with Crippen molar-refractivity contribution in [3.63, 3.8) is 0 Å². The molecule has 0 aliphatic heterocycles. The topological polar surface area (TPSA) is 0 Å². The summed E-state index contributed by atoms with van der Waals surface area (Å²) in [4.78, 5) is 0. The van der Waals surface area contributed by atoms with E-state index in [1.54, 1.807) is 167 Å². The van der Waals surface area contributed by atoms with Gasteiger partial charge in [-0.2, -0.15) is 0 Å². The van der Waals surface area contributed by atoms with Crippen LogP contribution in [0.5, 0.6) is 0 Å². The van der Waals surface area contributed by atoms with Gasteiger partial charge in [0.25, 0.3) is 0 Å². The highest BCUT2D eigenvalue weighted by Crippen LogP contribution is 2.87. The van der Waals surface area contributed by atoms with Crippen molar-refractivity contribution in [2.24, 2.45) is 43.3 Å². The zero-order valence-corrected chi connectivity index (χ0v) is 36.5. The Morgan fingerprint density at radius 3 is 0.463 bits per heavy atom. The van der Waals surface area contributed by atoms with Gasteiger partial charge in [-0.3, -0.25) is 0 Å². The number of hydrogen-bond donors (Lipinski definition) is 0. The summed E-state index contributed by atoms with van der Waals surface area (Å²) >= 11 is 0. The lowest BCUT2D eigenvalue weighted by Gasteiger charge is -2.81. The molecule has 9 rings (SSSR count). The molecule has 0 aromatic rings. The number of hydrogen-bond acceptors (Lipinski definition) is 0. The quantitative estimate of drug-likeness (QED) is 0.232. The maximum atomic E-state index is 1.68. The van der Waals surface area contributed by atoms with Gasteiger partial charge in [-0.1, -0.05) is 167 Å². The van der Waals surface area contributed by atoms with Gasteiger partial charge in [0.2, 0.25) is 0 Å². The summed E-state index contributed by atoms with van der Waals surface area (Å²) in [6.45, 7) is 0. The van der Waals surface area contributed by atoms with Crippen molar-refractivity contribution in [2.75, 3.05) is 0 Å². The van der Waals surface area contributed by atoms with Crippen LogP contribution in [0.2, 0.25) is 0 Å². The first-order valence-electron chi connectivity index (χ1n) is 26.3. The molecule has 9 fully saturated rings. The molecular weight excluding hydrogens is 649 g/mol. The molecule has 54 heavy (non-hydrogen) atoms. The van der Waals surface area contributed by atoms with Gasteiger partial charge in [-0.25, -0.2) is 0 Å². The fourth-order valence-corrected chi connectivity index (χ4v) is 19.1. The van der Waals surface area contributed by atoms with E-state index in [0.717, 1.165) is 43.3 Å². The van der Waals surface area contributed by atoms with E-state index in [9.17, 15) is 0 Å². The Morgan fingerprint density at radius 2 is 0.259 bits per heavy atom. The third-order valence-electron chi connectivity index (χ3n) is 20.2. The van der Waals surface area contributed by atoms with E-state index in [-0.39, 0.29) is 0 Å². The molecule has 0 aromatic heterocycles. The lowest BCUT2D eigenvalue weighted by atomic mass is 9.23. The van der Waals surface area contributed by atoms with Crippen LogP contribution in [-0.2, 0) is 0 Å². The molecular formula is C54H92. The molecule has 0 radical (unpaired) electrons. The SMILES string of the molecule is C1CCCCCCCCC2(CCCCCCC1)CC1(C2)CC2(C1)CC1(C2)CC2(CC3(CC4(CCCCCCCCCCC5(CCCCC4)CCC5)C3)C2)C1. The average Bonchev–Trinajstić information content (AvgIpc) is 3.05. The van der Waals surface area contributed by atoms with Gasteiger partial charge in [-0.15, -0.1) is 0 Å². The van der Waals surface area contributed by atoms with Crippen molar-refractivity contribution < 1.29 is 0 Å². The Kier molecular flexibility index (Phi) is 11.9. The van der Waals surface area contributed by atoms with Crippen LogP contribution in [0.3, 0.4) is 0 Å². The van der Waals surface area contributed by atoms with E-state index in [1.807, 2.05) is 0 Å². The fraction of sp³-hybridized carbons (Fsp3) is 1.00. The van der Waals surface area contributed by atoms with Crippen LogP contribution in [0.25, 0.3) is 0 Å². The minimum atomic E-state index is 0.774. The van der Waals surface area contributed by atoms with Crippen molar-refractivity contribution in [2.45, 2.75) is 295 Å². The van der Waals surface area contributed by atoms with E-state index in [1.165, 1.54) is 128 Å². The molecule has 0 heteroatoms. The van der Waals surface area contributed by atoms with Crippen molar-refractivity contribution in [3.05, 3.63) is 0 Å². The van der Waals surface area contributed by atoms with Crippen LogP contribution in [0, 0.1) is 43.3 Å². The highest BCUT2D eigenvalue weighted by atomic mass is 14.8. The molecule has 0 unspecified atom stereocenters. The zero-order chi connectivity index (χ0) is 36.5. The van der Waals surface area contributed by atoms with Crippen LogP contribution in [0.1, 0.15) is 295 Å². The second-order valence-corrected chi connectivity index (χ2v) is 25.3. The van der Waals surface area contributed by atoms with Gasteiger partial charge < -0.3 is 0 Å². The lowest BCUT2D eigenvalue weighted by Crippen LogP contribution is -2.71. The molecule has 0 nitrogen and oxygen atoms in total. The molecule has 0 heterocycles. The predicted molar refractivity (Wildman–Crippen MR) is 232 cm³/mol. The van der Waals surface area contributed by atoms with Gasteiger partial charge in [0.15, 0.2) is 0 Å². The first-order valence-corrected chi connectivity index (χ1v) is 26.3. The van der Waals surface area contributed by atoms with Crippen molar-refractivity contribution in [3.8, 4) is 0 Å². The van der Waals surface area contributed by atoms with Crippen LogP contribution in [0.15, 0.2) is 0 Å². The summed E-state index contributed by atoms with van der Waals surface area (Å²) in [7, 11) is 0. The van der Waals surface area contributed by atoms with E-state index >= 15 is 0 Å². The average molecular weight is 741 g/mol. The minimum Gasteiger partial charge on any atom is -0.0533 e. The van der Waals surface area contributed by atoms with E-state index < -0.39 is 0 Å². The van der Waals surface area contributed by atoms with Crippen molar-refractivity contribution in [1.82, 2.24) is 0 Å². The molecule has 0 N–H and O–H groups in total. The van der Waals surface area contributed by atoms with E-state index in [4.69, 9.17) is 0 Å². The van der Waals surface area contributed by atoms with E-state index in [0.29, 0.717) is 0 Å². The molecule has 0 atom stereocenters. The molecule has 0 amide bonds. The maximum Gasteiger partial charge on any atom is -0.0276 e. The second-order valence-electron chi connectivity index (χ2n) is 25.3. The van der Waals surface area contributed by atoms with Gasteiger partial charge >= 0.3 is 0 Å². The highest BCUT2D eigenvalue weighted by Gasteiger charge is 2.76. The third kappa shape index (κ3) is 8.52. The Labute approximate surface area is 337 Å². The summed E-state index contributed by atoms with van der Waals surface area (Å²) in [6.07, 6.45) is 72.5. The molecule has 0 aromatic carbocycles. The molecule has 0 saturated heterocycles. The fourth-order valence-electron chi connectivity index (χ4n) is 19.1. The first-order chi connectivity index (χ1) is 26.3. The lowest BCUT2D eigenvalue weighted by molar-refractivity contribution is -0.309. The van der Waals surface area contributed by atoms with Crippen LogP contribution < -0.4 is 0 Å². The Bertz CT molecular complexity index is 1150. The first kappa shape index (κ1) is 39.5. The maximum absolute atomic E-state index is 1.68. The van der Waals surface area contributed by atoms with Crippen molar-refractivity contribution in [1.29, 1.82) is 0 Å². The number of rotatable bonds is 0. The zero-order valence-electron chi connectivity index (χ0n) is 36.5. The van der Waals surface area contributed by atoms with Gasteiger partial charge in [0.05, 0.1) is 0 Å². The monoisotopic (exact) mass is 741 g/mol. The minimum absolute atomic E-state index is 0.774. The predicted octanol–water partition coefficient (Wildman–Crippen LogP) is 17.9. The van der Waals surface area contributed by atoms with Crippen molar-refractivity contribution >= 4 is 0 Å². The van der Waals surface area contributed by atoms with E-state index in [2.05, 4.69) is 0 Å². The normalized spacial score (nSPS) is 34.7. The van der Waals surface area contributed by atoms with Gasteiger partial charge in [0.1, 0.15) is 0 Å². The molecule has 9 aliphatic carbocycles. The van der Waals surface area contributed by atoms with Crippen LogP contribution >= 0.6 is 0 Å². The summed E-state index contributed by atoms with van der Waals surface area (Å²) in [5.41, 5.74) is 6.51. The Hall–Kier alpha value is 0. The smallest absolute Gasteiger partial charge is 0.0276 e.